The van der Waals surface area contributed by atoms with Crippen molar-refractivity contribution in [1.82, 2.24) is 0 Å². The largest absolute Gasteiger partial charge is 0.457 e. The second-order valence-corrected chi connectivity index (χ2v) is 4.23. The van der Waals surface area contributed by atoms with Gasteiger partial charge >= 0.3 is 0 Å². The lowest BCUT2D eigenvalue weighted by molar-refractivity contribution is 0.472. The molecule has 0 heterocycles. The van der Waals surface area contributed by atoms with E-state index in [1.165, 1.54) is 6.07 Å². The van der Waals surface area contributed by atoms with Gasteiger partial charge in [-0.2, -0.15) is 5.11 Å². The molecule has 4 N–H and O–H groups in total. The van der Waals surface area contributed by atoms with Crippen LogP contribution in [0.5, 0.6) is 11.5 Å². The topological polar surface area (TPSA) is 83.5 Å². The highest BCUT2D eigenvalue weighted by Gasteiger charge is 2.10. The number of hydrogen-bond acceptors (Lipinski definition) is 5. The van der Waals surface area contributed by atoms with Gasteiger partial charge in [-0.05, 0) is 31.2 Å². The highest BCUT2D eigenvalue weighted by molar-refractivity contribution is 5.67. The number of hydrogen-bond donors (Lipinski definition) is 3. The summed E-state index contributed by atoms with van der Waals surface area (Å²) in [6.07, 6.45) is 0. The number of rotatable bonds is 4. The highest BCUT2D eigenvalue weighted by atomic mass is 19.1. The molecule has 0 aliphatic carbocycles. The molecule has 0 unspecified atom stereocenters. The standard InChI is InChI=1S/C14H15FN4O/c1-8-13(6-4-10(16)14(8)15)20-9-3-5-11(18-2)12(7-9)19-17/h3-7,17-18H,16H2,1-2H3. The molecule has 0 aliphatic heterocycles. The molecule has 0 atom stereocenters. The van der Waals surface area contributed by atoms with E-state index in [-0.39, 0.29) is 5.69 Å². The third kappa shape index (κ3) is 2.54. The first kappa shape index (κ1) is 13.8. The van der Waals surface area contributed by atoms with Crippen LogP contribution < -0.4 is 15.8 Å². The second kappa shape index (κ2) is 5.56. The van der Waals surface area contributed by atoms with Crippen LogP contribution in [0.15, 0.2) is 35.4 Å². The molecule has 2 aromatic carbocycles. The molecular formula is C14H15FN4O. The van der Waals surface area contributed by atoms with Crippen LogP contribution in [0.3, 0.4) is 0 Å². The number of ether oxygens (including phenoxy) is 1. The molecule has 0 bridgehead atoms. The summed E-state index contributed by atoms with van der Waals surface area (Å²) in [4.78, 5) is 0. The van der Waals surface area contributed by atoms with Crippen molar-refractivity contribution in [1.29, 1.82) is 5.53 Å². The molecule has 5 nitrogen and oxygen atoms in total. The fraction of sp³-hybridized carbons (Fsp3) is 0.143. The molecule has 104 valence electrons. The summed E-state index contributed by atoms with van der Waals surface area (Å²) in [7, 11) is 1.74. The Kier molecular flexibility index (Phi) is 3.84. The van der Waals surface area contributed by atoms with Gasteiger partial charge in [0.05, 0.1) is 11.4 Å². The maximum atomic E-state index is 13.7. The Bertz CT molecular complexity index is 658. The molecule has 0 radical (unpaired) electrons. The molecule has 0 saturated heterocycles. The van der Waals surface area contributed by atoms with E-state index < -0.39 is 5.82 Å². The van der Waals surface area contributed by atoms with Crippen molar-refractivity contribution in [2.75, 3.05) is 18.1 Å². The van der Waals surface area contributed by atoms with E-state index >= 15 is 0 Å². The Hall–Kier alpha value is -2.63. The lowest BCUT2D eigenvalue weighted by atomic mass is 10.2. The monoisotopic (exact) mass is 274 g/mol. The molecule has 0 amide bonds. The zero-order valence-electron chi connectivity index (χ0n) is 11.2. The molecule has 20 heavy (non-hydrogen) atoms. The molecule has 0 saturated carbocycles. The minimum Gasteiger partial charge on any atom is -0.457 e. The van der Waals surface area contributed by atoms with Gasteiger partial charge in [-0.1, -0.05) is 0 Å². The quantitative estimate of drug-likeness (QED) is 0.576. The number of nitrogens with one attached hydrogen (secondary N) is 2. The van der Waals surface area contributed by atoms with Gasteiger partial charge in [0.25, 0.3) is 0 Å². The summed E-state index contributed by atoms with van der Waals surface area (Å²) >= 11 is 0. The predicted molar refractivity (Wildman–Crippen MR) is 76.4 cm³/mol. The number of benzene rings is 2. The number of anilines is 2. The number of nitrogen functional groups attached to an aromatic ring is 1. The minimum absolute atomic E-state index is 0.0854. The van der Waals surface area contributed by atoms with Crippen LogP contribution >= 0.6 is 0 Å². The SMILES string of the molecule is CNc1ccc(Oc2ccc(N)c(F)c2C)cc1N=N. The Morgan fingerprint density at radius 3 is 2.70 bits per heavy atom. The third-order valence-corrected chi connectivity index (χ3v) is 2.95. The predicted octanol–water partition coefficient (Wildman–Crippen LogP) is 4.21. The normalized spacial score (nSPS) is 10.2. The Morgan fingerprint density at radius 1 is 1.30 bits per heavy atom. The fourth-order valence-corrected chi connectivity index (χ4v) is 1.80. The smallest absolute Gasteiger partial charge is 0.152 e. The van der Waals surface area contributed by atoms with E-state index in [4.69, 9.17) is 16.0 Å². The first-order chi connectivity index (χ1) is 9.56. The van der Waals surface area contributed by atoms with Crippen molar-refractivity contribution >= 4 is 17.1 Å². The van der Waals surface area contributed by atoms with Gasteiger partial charge in [-0.3, -0.25) is 0 Å². The first-order valence-corrected chi connectivity index (χ1v) is 5.98. The van der Waals surface area contributed by atoms with Crippen molar-refractivity contribution in [3.63, 3.8) is 0 Å². The second-order valence-electron chi connectivity index (χ2n) is 4.23. The maximum absolute atomic E-state index is 13.7. The average Bonchev–Trinajstić information content (AvgIpc) is 2.47. The van der Waals surface area contributed by atoms with Crippen LogP contribution in [-0.2, 0) is 0 Å². The summed E-state index contributed by atoms with van der Waals surface area (Å²) in [5.41, 5.74) is 14.2. The van der Waals surface area contributed by atoms with Crippen LogP contribution in [0, 0.1) is 18.3 Å². The maximum Gasteiger partial charge on any atom is 0.152 e. The molecule has 2 rings (SSSR count). The van der Waals surface area contributed by atoms with Crippen molar-refractivity contribution in [3.05, 3.63) is 41.7 Å². The summed E-state index contributed by atoms with van der Waals surface area (Å²) < 4.78 is 19.3. The highest BCUT2D eigenvalue weighted by Crippen LogP contribution is 2.34. The van der Waals surface area contributed by atoms with Crippen molar-refractivity contribution in [3.8, 4) is 11.5 Å². The summed E-state index contributed by atoms with van der Waals surface area (Å²) in [5.74, 6) is 0.367. The van der Waals surface area contributed by atoms with E-state index in [2.05, 4.69) is 10.4 Å². The summed E-state index contributed by atoms with van der Waals surface area (Å²) in [5, 5.41) is 6.33. The van der Waals surface area contributed by atoms with Gasteiger partial charge in [0.2, 0.25) is 0 Å². The van der Waals surface area contributed by atoms with Crippen LogP contribution in [-0.4, -0.2) is 7.05 Å². The molecule has 2 aromatic rings. The zero-order chi connectivity index (χ0) is 14.7. The van der Waals surface area contributed by atoms with E-state index in [9.17, 15) is 4.39 Å². The van der Waals surface area contributed by atoms with Gasteiger partial charge < -0.3 is 15.8 Å². The molecular weight excluding hydrogens is 259 g/mol. The van der Waals surface area contributed by atoms with Gasteiger partial charge in [-0.25, -0.2) is 9.92 Å². The number of nitrogens with two attached hydrogens (primary N) is 1. The fourth-order valence-electron chi connectivity index (χ4n) is 1.80. The van der Waals surface area contributed by atoms with Gasteiger partial charge in [0.1, 0.15) is 17.2 Å². The molecule has 6 heteroatoms. The molecule has 0 aliphatic rings. The van der Waals surface area contributed by atoms with Gasteiger partial charge in [-0.15, -0.1) is 0 Å². The summed E-state index contributed by atoms with van der Waals surface area (Å²) in [6.45, 7) is 1.60. The van der Waals surface area contributed by atoms with Crippen LogP contribution in [0.2, 0.25) is 0 Å². The molecule has 0 spiro atoms. The van der Waals surface area contributed by atoms with Crippen molar-refractivity contribution in [2.45, 2.75) is 6.92 Å². The van der Waals surface area contributed by atoms with E-state index in [0.29, 0.717) is 28.4 Å². The van der Waals surface area contributed by atoms with Gasteiger partial charge in [0.15, 0.2) is 5.82 Å². The third-order valence-electron chi connectivity index (χ3n) is 2.95. The number of nitrogens with zero attached hydrogens (tertiary/aromatic N) is 1. The number of halogens is 1. The Morgan fingerprint density at radius 2 is 2.05 bits per heavy atom. The van der Waals surface area contributed by atoms with Gasteiger partial charge in [0, 0.05) is 18.7 Å². The van der Waals surface area contributed by atoms with E-state index in [0.717, 1.165) is 0 Å². The Balaban J connectivity index is 2.35. The van der Waals surface area contributed by atoms with E-state index in [1.807, 2.05) is 0 Å². The van der Waals surface area contributed by atoms with Crippen molar-refractivity contribution < 1.29 is 9.13 Å². The van der Waals surface area contributed by atoms with Crippen LogP contribution in [0.25, 0.3) is 0 Å². The van der Waals surface area contributed by atoms with Crippen LogP contribution in [0.1, 0.15) is 5.56 Å². The summed E-state index contributed by atoms with van der Waals surface area (Å²) in [6, 6.07) is 8.12. The zero-order valence-corrected chi connectivity index (χ0v) is 11.2. The van der Waals surface area contributed by atoms with Crippen LogP contribution in [0.4, 0.5) is 21.5 Å². The molecule has 0 fully saturated rings. The lowest BCUT2D eigenvalue weighted by Crippen LogP contribution is -1.96. The molecule has 0 aromatic heterocycles. The van der Waals surface area contributed by atoms with E-state index in [1.54, 1.807) is 38.2 Å². The van der Waals surface area contributed by atoms with Crippen molar-refractivity contribution in [2.24, 2.45) is 5.11 Å². The average molecular weight is 274 g/mol. The minimum atomic E-state index is -0.486. The lowest BCUT2D eigenvalue weighted by Gasteiger charge is -2.12. The first-order valence-electron chi connectivity index (χ1n) is 5.98. The Labute approximate surface area is 116 Å².